The van der Waals surface area contributed by atoms with Crippen molar-refractivity contribution >= 4 is 5.91 Å². The Balaban J connectivity index is 2.18. The molecule has 2 rings (SSSR count). The lowest BCUT2D eigenvalue weighted by Gasteiger charge is -2.19. The van der Waals surface area contributed by atoms with Gasteiger partial charge in [-0.15, -0.1) is 5.10 Å². The molecule has 0 aromatic carbocycles. The predicted octanol–water partition coefficient (Wildman–Crippen LogP) is 1.57. The zero-order valence-corrected chi connectivity index (χ0v) is 13.4. The van der Waals surface area contributed by atoms with Crippen LogP contribution in [0.1, 0.15) is 55.5 Å². The number of aromatic nitrogens is 5. The maximum atomic E-state index is 12.2. The number of nitrogens with one attached hydrogen (secondary N) is 1. The van der Waals surface area contributed by atoms with Gasteiger partial charge in [0.05, 0.1) is 23.5 Å². The highest BCUT2D eigenvalue weighted by atomic mass is 16.2. The number of rotatable bonds is 3. The first-order chi connectivity index (χ1) is 9.70. The molecule has 0 fully saturated rings. The van der Waals surface area contributed by atoms with Crippen LogP contribution in [0, 0.1) is 6.92 Å². The lowest BCUT2D eigenvalue weighted by atomic mass is 10.1. The van der Waals surface area contributed by atoms with E-state index in [1.807, 2.05) is 24.7 Å². The van der Waals surface area contributed by atoms with Crippen LogP contribution in [0.5, 0.6) is 0 Å². The van der Waals surface area contributed by atoms with Gasteiger partial charge in [0, 0.05) is 18.8 Å². The Morgan fingerprint density at radius 3 is 2.52 bits per heavy atom. The molecule has 0 aliphatic carbocycles. The van der Waals surface area contributed by atoms with Crippen molar-refractivity contribution in [3.05, 3.63) is 29.3 Å². The Bertz CT molecular complexity index is 649. The van der Waals surface area contributed by atoms with E-state index < -0.39 is 0 Å². The van der Waals surface area contributed by atoms with Gasteiger partial charge in [0.1, 0.15) is 5.69 Å². The first-order valence-electron chi connectivity index (χ1n) is 6.92. The molecular weight excluding hydrogens is 268 g/mol. The molecule has 0 aliphatic rings. The molecule has 1 amide bonds. The average Bonchev–Trinajstić information content (AvgIpc) is 2.94. The summed E-state index contributed by atoms with van der Waals surface area (Å²) < 4.78 is 3.37. The summed E-state index contributed by atoms with van der Waals surface area (Å²) in [6, 6.07) is -0.136. The van der Waals surface area contributed by atoms with Crippen molar-refractivity contribution in [3.8, 4) is 0 Å². The molecule has 0 spiro atoms. The third-order valence-corrected chi connectivity index (χ3v) is 3.39. The van der Waals surface area contributed by atoms with Gasteiger partial charge >= 0.3 is 0 Å². The normalized spacial score (nSPS) is 13.2. The monoisotopic (exact) mass is 290 g/mol. The summed E-state index contributed by atoms with van der Waals surface area (Å²) in [5.74, 6) is -0.196. The summed E-state index contributed by atoms with van der Waals surface area (Å²) in [5.41, 5.74) is 2.27. The summed E-state index contributed by atoms with van der Waals surface area (Å²) in [6.45, 7) is 10.2. The highest BCUT2D eigenvalue weighted by Crippen LogP contribution is 2.21. The second-order valence-corrected chi connectivity index (χ2v) is 6.22. The van der Waals surface area contributed by atoms with Crippen LogP contribution >= 0.6 is 0 Å². The third kappa shape index (κ3) is 3.12. The standard InChI is InChI=1S/C14H22N6O/c1-9(16-13(21)12-7-15-18-19(12)6)11-8-20(14(3,4)5)17-10(11)2/h7-9H,1-6H3,(H,16,21). The lowest BCUT2D eigenvalue weighted by Crippen LogP contribution is -2.28. The van der Waals surface area contributed by atoms with Gasteiger partial charge in [-0.25, -0.2) is 4.68 Å². The van der Waals surface area contributed by atoms with Gasteiger partial charge < -0.3 is 5.32 Å². The van der Waals surface area contributed by atoms with Crippen molar-refractivity contribution in [2.45, 2.75) is 46.2 Å². The van der Waals surface area contributed by atoms with Crippen molar-refractivity contribution < 1.29 is 4.79 Å². The van der Waals surface area contributed by atoms with Gasteiger partial charge in [0.15, 0.2) is 0 Å². The Kier molecular flexibility index (Phi) is 3.85. The third-order valence-electron chi connectivity index (χ3n) is 3.39. The van der Waals surface area contributed by atoms with Crippen LogP contribution in [0.15, 0.2) is 12.4 Å². The van der Waals surface area contributed by atoms with Crippen molar-refractivity contribution in [1.82, 2.24) is 30.1 Å². The fraction of sp³-hybridized carbons (Fsp3) is 0.571. The van der Waals surface area contributed by atoms with E-state index in [4.69, 9.17) is 0 Å². The molecule has 2 aromatic rings. The quantitative estimate of drug-likeness (QED) is 0.930. The van der Waals surface area contributed by atoms with Crippen molar-refractivity contribution in [3.63, 3.8) is 0 Å². The summed E-state index contributed by atoms with van der Waals surface area (Å²) in [5, 5.41) is 15.0. The minimum absolute atomic E-state index is 0.0846. The molecule has 0 radical (unpaired) electrons. The number of amides is 1. The first-order valence-corrected chi connectivity index (χ1v) is 6.92. The minimum atomic E-state index is -0.196. The highest BCUT2D eigenvalue weighted by Gasteiger charge is 2.21. The molecule has 0 aliphatic heterocycles. The Hall–Kier alpha value is -2.18. The number of hydrogen-bond donors (Lipinski definition) is 1. The molecule has 1 unspecified atom stereocenters. The van der Waals surface area contributed by atoms with Crippen LogP contribution in [0.2, 0.25) is 0 Å². The summed E-state index contributed by atoms with van der Waals surface area (Å²) in [7, 11) is 1.69. The van der Waals surface area contributed by atoms with E-state index in [1.54, 1.807) is 7.05 Å². The van der Waals surface area contributed by atoms with E-state index in [0.717, 1.165) is 11.3 Å². The number of hydrogen-bond acceptors (Lipinski definition) is 4. The Labute approximate surface area is 124 Å². The fourth-order valence-corrected chi connectivity index (χ4v) is 2.09. The van der Waals surface area contributed by atoms with Gasteiger partial charge in [0.25, 0.3) is 5.91 Å². The Morgan fingerprint density at radius 2 is 2.05 bits per heavy atom. The van der Waals surface area contributed by atoms with Crippen molar-refractivity contribution in [1.29, 1.82) is 0 Å². The lowest BCUT2D eigenvalue weighted by molar-refractivity contribution is 0.0930. The molecule has 0 saturated carbocycles. The zero-order valence-electron chi connectivity index (χ0n) is 13.4. The molecular formula is C14H22N6O. The number of carbonyl (C=O) groups excluding carboxylic acids is 1. The van der Waals surface area contributed by atoms with Crippen LogP contribution in [0.25, 0.3) is 0 Å². The fourth-order valence-electron chi connectivity index (χ4n) is 2.09. The van der Waals surface area contributed by atoms with E-state index in [1.165, 1.54) is 10.9 Å². The highest BCUT2D eigenvalue weighted by molar-refractivity contribution is 5.92. The van der Waals surface area contributed by atoms with Gasteiger partial charge in [-0.2, -0.15) is 5.10 Å². The molecule has 0 saturated heterocycles. The molecule has 7 heteroatoms. The second-order valence-electron chi connectivity index (χ2n) is 6.22. The van der Waals surface area contributed by atoms with Gasteiger partial charge in [-0.3, -0.25) is 9.48 Å². The van der Waals surface area contributed by atoms with Crippen LogP contribution in [0.4, 0.5) is 0 Å². The summed E-state index contributed by atoms with van der Waals surface area (Å²) >= 11 is 0. The summed E-state index contributed by atoms with van der Waals surface area (Å²) in [4.78, 5) is 12.2. The SMILES string of the molecule is Cc1nn(C(C)(C)C)cc1C(C)NC(=O)c1cnnn1C. The van der Waals surface area contributed by atoms with E-state index in [2.05, 4.69) is 41.5 Å². The smallest absolute Gasteiger partial charge is 0.271 e. The zero-order chi connectivity index (χ0) is 15.8. The van der Waals surface area contributed by atoms with Crippen LogP contribution in [-0.4, -0.2) is 30.7 Å². The van der Waals surface area contributed by atoms with Crippen LogP contribution in [-0.2, 0) is 12.6 Å². The molecule has 0 bridgehead atoms. The maximum absolute atomic E-state index is 12.2. The predicted molar refractivity (Wildman–Crippen MR) is 78.8 cm³/mol. The van der Waals surface area contributed by atoms with Crippen LogP contribution in [0.3, 0.4) is 0 Å². The van der Waals surface area contributed by atoms with E-state index >= 15 is 0 Å². The molecule has 2 heterocycles. The molecule has 2 aromatic heterocycles. The molecule has 1 N–H and O–H groups in total. The first kappa shape index (κ1) is 15.2. The van der Waals surface area contributed by atoms with Crippen molar-refractivity contribution in [2.24, 2.45) is 7.05 Å². The largest absolute Gasteiger partial charge is 0.344 e. The topological polar surface area (TPSA) is 77.6 Å². The van der Waals surface area contributed by atoms with Gasteiger partial charge in [-0.1, -0.05) is 5.21 Å². The summed E-state index contributed by atoms with van der Waals surface area (Å²) in [6.07, 6.45) is 3.44. The van der Waals surface area contributed by atoms with E-state index in [0.29, 0.717) is 5.69 Å². The number of carbonyl (C=O) groups is 1. The number of aryl methyl sites for hydroxylation is 2. The van der Waals surface area contributed by atoms with Crippen LogP contribution < -0.4 is 5.32 Å². The minimum Gasteiger partial charge on any atom is -0.344 e. The van der Waals surface area contributed by atoms with E-state index in [-0.39, 0.29) is 17.5 Å². The van der Waals surface area contributed by atoms with Gasteiger partial charge in [0.2, 0.25) is 0 Å². The number of nitrogens with zero attached hydrogens (tertiary/aromatic N) is 5. The maximum Gasteiger partial charge on any atom is 0.271 e. The van der Waals surface area contributed by atoms with E-state index in [9.17, 15) is 4.79 Å². The van der Waals surface area contributed by atoms with Crippen molar-refractivity contribution in [2.75, 3.05) is 0 Å². The average molecular weight is 290 g/mol. The second kappa shape index (κ2) is 5.31. The molecule has 21 heavy (non-hydrogen) atoms. The Morgan fingerprint density at radius 1 is 1.38 bits per heavy atom. The van der Waals surface area contributed by atoms with Gasteiger partial charge in [-0.05, 0) is 34.6 Å². The molecule has 7 nitrogen and oxygen atoms in total. The molecule has 114 valence electrons. The molecule has 1 atom stereocenters.